The number of carbonyl (C=O) groups is 1. The van der Waals surface area contributed by atoms with Crippen LogP contribution in [0.5, 0.6) is 5.75 Å². The molecule has 0 saturated carbocycles. The Morgan fingerprint density at radius 1 is 1.36 bits per heavy atom. The van der Waals surface area contributed by atoms with Crippen LogP contribution >= 0.6 is 11.3 Å². The lowest BCUT2D eigenvalue weighted by Crippen LogP contribution is -2.08. The Kier molecular flexibility index (Phi) is 3.97. The highest BCUT2D eigenvalue weighted by Gasteiger charge is 2.16. The van der Waals surface area contributed by atoms with Crippen molar-refractivity contribution in [3.8, 4) is 10.9 Å². The second kappa shape index (κ2) is 6.07. The maximum absolute atomic E-state index is 11.2. The zero-order valence-electron chi connectivity index (χ0n) is 12.2. The Hall–Kier alpha value is -2.54. The minimum atomic E-state index is 0.199. The molecular weight excluding hydrogens is 300 g/mol. The number of thiazole rings is 1. The van der Waals surface area contributed by atoms with E-state index in [1.54, 1.807) is 10.9 Å². The van der Waals surface area contributed by atoms with Crippen LogP contribution in [0, 0.1) is 13.8 Å². The van der Waals surface area contributed by atoms with Gasteiger partial charge in [0, 0.05) is 11.6 Å². The number of rotatable bonds is 5. The van der Waals surface area contributed by atoms with Crippen LogP contribution in [0.2, 0.25) is 0 Å². The van der Waals surface area contributed by atoms with Gasteiger partial charge in [0.1, 0.15) is 18.1 Å². The summed E-state index contributed by atoms with van der Waals surface area (Å²) in [6.45, 7) is 4.23. The van der Waals surface area contributed by atoms with Crippen molar-refractivity contribution in [1.82, 2.24) is 20.0 Å². The third-order valence-electron chi connectivity index (χ3n) is 3.42. The van der Waals surface area contributed by atoms with E-state index >= 15 is 0 Å². The van der Waals surface area contributed by atoms with E-state index in [1.165, 1.54) is 11.3 Å². The van der Waals surface area contributed by atoms with E-state index in [-0.39, 0.29) is 12.3 Å². The fourth-order valence-corrected chi connectivity index (χ4v) is 2.65. The van der Waals surface area contributed by atoms with Crippen molar-refractivity contribution in [2.75, 3.05) is 0 Å². The fraction of sp³-hybridized carbons (Fsp3) is 0.200. The number of aromatic nitrogens is 4. The van der Waals surface area contributed by atoms with Crippen molar-refractivity contribution in [3.63, 3.8) is 0 Å². The van der Waals surface area contributed by atoms with Gasteiger partial charge in [-0.3, -0.25) is 4.79 Å². The molecule has 0 atom stereocenters. The van der Waals surface area contributed by atoms with Gasteiger partial charge in [-0.15, -0.1) is 16.4 Å². The van der Waals surface area contributed by atoms with Crippen molar-refractivity contribution in [2.24, 2.45) is 0 Å². The summed E-state index contributed by atoms with van der Waals surface area (Å²) in [4.78, 5) is 15.3. The van der Waals surface area contributed by atoms with E-state index in [0.717, 1.165) is 16.9 Å². The minimum absolute atomic E-state index is 0.199. The SMILES string of the molecule is Cc1cccc(OCc2c(C=O)nnn2-c2nccs2)c1C. The van der Waals surface area contributed by atoms with Crippen molar-refractivity contribution in [1.29, 1.82) is 0 Å². The molecule has 0 amide bonds. The largest absolute Gasteiger partial charge is 0.487 e. The molecule has 0 aliphatic carbocycles. The van der Waals surface area contributed by atoms with Crippen molar-refractivity contribution in [2.45, 2.75) is 20.5 Å². The molecule has 0 saturated heterocycles. The van der Waals surface area contributed by atoms with E-state index in [2.05, 4.69) is 15.3 Å². The van der Waals surface area contributed by atoms with E-state index in [1.807, 2.05) is 37.4 Å². The van der Waals surface area contributed by atoms with Gasteiger partial charge in [-0.1, -0.05) is 17.3 Å². The minimum Gasteiger partial charge on any atom is -0.487 e. The molecule has 3 rings (SSSR count). The summed E-state index contributed by atoms with van der Waals surface area (Å²) in [5.41, 5.74) is 3.08. The van der Waals surface area contributed by atoms with Crippen molar-refractivity contribution < 1.29 is 9.53 Å². The predicted molar refractivity (Wildman–Crippen MR) is 82.7 cm³/mol. The van der Waals surface area contributed by atoms with Gasteiger partial charge >= 0.3 is 0 Å². The van der Waals surface area contributed by atoms with Crippen LogP contribution in [0.15, 0.2) is 29.8 Å². The molecule has 1 aromatic carbocycles. The van der Waals surface area contributed by atoms with Crippen molar-refractivity contribution in [3.05, 3.63) is 52.3 Å². The highest BCUT2D eigenvalue weighted by atomic mass is 32.1. The molecule has 0 fully saturated rings. The molecule has 7 heteroatoms. The maximum atomic E-state index is 11.2. The van der Waals surface area contributed by atoms with Crippen LogP contribution in [-0.2, 0) is 6.61 Å². The summed E-state index contributed by atoms with van der Waals surface area (Å²) in [7, 11) is 0. The molecule has 0 aliphatic rings. The Labute approximate surface area is 131 Å². The topological polar surface area (TPSA) is 69.9 Å². The third kappa shape index (κ3) is 2.62. The highest BCUT2D eigenvalue weighted by Crippen LogP contribution is 2.23. The van der Waals surface area contributed by atoms with Gasteiger partial charge in [-0.05, 0) is 31.0 Å². The second-order valence-corrected chi connectivity index (χ2v) is 5.63. The summed E-state index contributed by atoms with van der Waals surface area (Å²) in [5, 5.41) is 10.4. The van der Waals surface area contributed by atoms with Crippen LogP contribution in [0.3, 0.4) is 0 Å². The normalized spacial score (nSPS) is 10.6. The molecule has 0 aliphatic heterocycles. The van der Waals surface area contributed by atoms with Gasteiger partial charge in [0.05, 0.1) is 0 Å². The number of hydrogen-bond acceptors (Lipinski definition) is 6. The molecule has 0 spiro atoms. The lowest BCUT2D eigenvalue weighted by Gasteiger charge is -2.11. The quantitative estimate of drug-likeness (QED) is 0.677. The van der Waals surface area contributed by atoms with Gasteiger partial charge in [-0.25, -0.2) is 4.98 Å². The van der Waals surface area contributed by atoms with Crippen molar-refractivity contribution >= 4 is 17.6 Å². The number of hydrogen-bond donors (Lipinski definition) is 0. The zero-order valence-corrected chi connectivity index (χ0v) is 13.0. The van der Waals surface area contributed by atoms with Gasteiger partial charge in [0.25, 0.3) is 0 Å². The lowest BCUT2D eigenvalue weighted by atomic mass is 10.1. The molecule has 2 heterocycles. The first-order valence-corrected chi connectivity index (χ1v) is 7.57. The molecule has 112 valence electrons. The van der Waals surface area contributed by atoms with Gasteiger partial charge < -0.3 is 4.74 Å². The molecule has 0 radical (unpaired) electrons. The zero-order chi connectivity index (χ0) is 15.5. The highest BCUT2D eigenvalue weighted by molar-refractivity contribution is 7.12. The molecule has 22 heavy (non-hydrogen) atoms. The molecule has 0 unspecified atom stereocenters. The van der Waals surface area contributed by atoms with E-state index in [9.17, 15) is 4.79 Å². The molecule has 0 N–H and O–H groups in total. The van der Waals surface area contributed by atoms with Crippen LogP contribution < -0.4 is 4.74 Å². The number of ether oxygens (including phenoxy) is 1. The fourth-order valence-electron chi connectivity index (χ4n) is 2.04. The number of nitrogens with zero attached hydrogens (tertiary/aromatic N) is 4. The smallest absolute Gasteiger partial charge is 0.212 e. The summed E-state index contributed by atoms with van der Waals surface area (Å²) in [6, 6.07) is 5.87. The Balaban J connectivity index is 1.90. The molecule has 3 aromatic rings. The van der Waals surface area contributed by atoms with Gasteiger partial charge in [0.15, 0.2) is 12.0 Å². The summed E-state index contributed by atoms with van der Waals surface area (Å²) in [6.07, 6.45) is 2.36. The average Bonchev–Trinajstić information content (AvgIpc) is 3.17. The summed E-state index contributed by atoms with van der Waals surface area (Å²) < 4.78 is 7.40. The number of aryl methyl sites for hydroxylation is 1. The first-order chi connectivity index (χ1) is 10.7. The number of carbonyl (C=O) groups excluding carboxylic acids is 1. The van der Waals surface area contributed by atoms with Crippen LogP contribution in [0.25, 0.3) is 5.13 Å². The monoisotopic (exact) mass is 314 g/mol. The van der Waals surface area contributed by atoms with Gasteiger partial charge in [-0.2, -0.15) is 4.68 Å². The van der Waals surface area contributed by atoms with Crippen LogP contribution in [0.4, 0.5) is 0 Å². The Morgan fingerprint density at radius 3 is 2.95 bits per heavy atom. The molecular formula is C15H14N4O2S. The lowest BCUT2D eigenvalue weighted by molar-refractivity contribution is 0.111. The molecule has 2 aromatic heterocycles. The van der Waals surface area contributed by atoms with Crippen LogP contribution in [0.1, 0.15) is 27.3 Å². The molecule has 0 bridgehead atoms. The van der Waals surface area contributed by atoms with Gasteiger partial charge in [0.2, 0.25) is 5.13 Å². The van der Waals surface area contributed by atoms with Crippen LogP contribution in [-0.4, -0.2) is 26.3 Å². The summed E-state index contributed by atoms with van der Waals surface area (Å²) >= 11 is 1.42. The average molecular weight is 314 g/mol. The van der Waals surface area contributed by atoms with E-state index in [0.29, 0.717) is 17.1 Å². The number of benzene rings is 1. The number of aldehydes is 1. The van der Waals surface area contributed by atoms with E-state index < -0.39 is 0 Å². The predicted octanol–water partition coefficient (Wildman–Crippen LogP) is 2.73. The van der Waals surface area contributed by atoms with E-state index in [4.69, 9.17) is 4.74 Å². The first kappa shape index (κ1) is 14.4. The summed E-state index contributed by atoms with van der Waals surface area (Å²) in [5.74, 6) is 0.781. The maximum Gasteiger partial charge on any atom is 0.212 e. The first-order valence-electron chi connectivity index (χ1n) is 6.69. The third-order valence-corrected chi connectivity index (χ3v) is 4.17. The standard InChI is InChI=1S/C15H14N4O2S/c1-10-4-3-5-14(11(10)2)21-9-13-12(8-20)17-18-19(13)15-16-6-7-22-15/h3-8H,9H2,1-2H3. The molecule has 6 nitrogen and oxygen atoms in total. The Bertz CT molecular complexity index is 796. The second-order valence-electron chi connectivity index (χ2n) is 4.75. The Morgan fingerprint density at radius 2 is 2.23 bits per heavy atom.